The van der Waals surface area contributed by atoms with Gasteiger partial charge >= 0.3 is 5.97 Å². The molecular weight excluding hydrogens is 316 g/mol. The summed E-state index contributed by atoms with van der Waals surface area (Å²) in [6.45, 7) is -0.358. The number of carboxylic acid groups (broad SMARTS) is 1. The number of nitrogens with zero attached hydrogens (tertiary/aromatic N) is 3. The number of hydrogen-bond acceptors (Lipinski definition) is 5. The first-order valence-corrected chi connectivity index (χ1v) is 7.23. The highest BCUT2D eigenvalue weighted by molar-refractivity contribution is 6.05. The quantitative estimate of drug-likeness (QED) is 0.792. The maximum Gasteiger partial charge on any atom is 0.326 e. The van der Waals surface area contributed by atoms with Crippen molar-refractivity contribution in [3.8, 4) is 0 Å². The van der Waals surface area contributed by atoms with Crippen LogP contribution in [0.3, 0.4) is 0 Å². The van der Waals surface area contributed by atoms with Crippen LogP contribution in [-0.2, 0) is 20.9 Å². The number of primary amides is 1. The molecule has 1 aromatic heterocycles. The van der Waals surface area contributed by atoms with Crippen LogP contribution in [0, 0.1) is 0 Å². The molecule has 2 heterocycles. The summed E-state index contributed by atoms with van der Waals surface area (Å²) in [7, 11) is 0. The van der Waals surface area contributed by atoms with Crippen molar-refractivity contribution in [2.24, 2.45) is 5.73 Å². The number of hydrogen-bond donors (Lipinski definition) is 2. The van der Waals surface area contributed by atoms with Gasteiger partial charge in [0.2, 0.25) is 5.91 Å². The molecule has 0 radical (unpaired) electrons. The van der Waals surface area contributed by atoms with Crippen molar-refractivity contribution in [2.45, 2.75) is 25.4 Å². The number of carboxylic acids is 1. The SMILES string of the molecule is NC(=O)c1nn(CC(=O)N2C(=O)CC[C@H]2C(=O)O)c2ccccc12. The van der Waals surface area contributed by atoms with Gasteiger partial charge in [0.25, 0.3) is 11.8 Å². The molecule has 124 valence electrons. The zero-order chi connectivity index (χ0) is 17.4. The van der Waals surface area contributed by atoms with Crippen LogP contribution in [0.4, 0.5) is 0 Å². The number of likely N-dealkylation sites (tertiary alicyclic amines) is 1. The predicted octanol–water partition coefficient (Wildman–Crippen LogP) is -0.263. The molecule has 2 aromatic rings. The zero-order valence-electron chi connectivity index (χ0n) is 12.5. The number of para-hydroxylation sites is 1. The highest BCUT2D eigenvalue weighted by atomic mass is 16.4. The summed E-state index contributed by atoms with van der Waals surface area (Å²) in [4.78, 5) is 47.7. The number of fused-ring (bicyclic) bond motifs is 1. The fraction of sp³-hybridized carbons (Fsp3) is 0.267. The molecule has 0 bridgehead atoms. The summed E-state index contributed by atoms with van der Waals surface area (Å²) in [5, 5.41) is 13.7. The average molecular weight is 330 g/mol. The largest absolute Gasteiger partial charge is 0.480 e. The van der Waals surface area contributed by atoms with Gasteiger partial charge in [0.1, 0.15) is 12.6 Å². The van der Waals surface area contributed by atoms with E-state index >= 15 is 0 Å². The van der Waals surface area contributed by atoms with Crippen molar-refractivity contribution in [1.82, 2.24) is 14.7 Å². The fourth-order valence-corrected chi connectivity index (χ4v) is 2.86. The van der Waals surface area contributed by atoms with Crippen molar-refractivity contribution in [1.29, 1.82) is 0 Å². The standard InChI is InChI=1S/C15H14N4O5/c16-14(22)13-8-3-1-2-4-9(8)18(17-13)7-12(21)19-10(15(23)24)5-6-11(19)20/h1-4,10H,5-7H2,(H2,16,22)(H,23,24)/t10-/m0/s1. The van der Waals surface area contributed by atoms with E-state index in [0.29, 0.717) is 10.9 Å². The molecular formula is C15H14N4O5. The molecule has 9 heteroatoms. The molecule has 3 rings (SSSR count). The van der Waals surface area contributed by atoms with E-state index in [-0.39, 0.29) is 25.1 Å². The Morgan fingerprint density at radius 2 is 2.00 bits per heavy atom. The normalized spacial score (nSPS) is 17.4. The third-order valence-corrected chi connectivity index (χ3v) is 3.94. The Bertz CT molecular complexity index is 872. The van der Waals surface area contributed by atoms with Crippen molar-refractivity contribution >= 4 is 34.6 Å². The van der Waals surface area contributed by atoms with Gasteiger partial charge in [-0.25, -0.2) is 4.79 Å². The minimum Gasteiger partial charge on any atom is -0.480 e. The smallest absolute Gasteiger partial charge is 0.326 e. The Labute approximate surface area is 135 Å². The van der Waals surface area contributed by atoms with Crippen LogP contribution in [-0.4, -0.2) is 49.5 Å². The van der Waals surface area contributed by atoms with E-state index < -0.39 is 29.7 Å². The third-order valence-electron chi connectivity index (χ3n) is 3.94. The summed E-state index contributed by atoms with van der Waals surface area (Å²) < 4.78 is 1.25. The van der Waals surface area contributed by atoms with Crippen LogP contribution < -0.4 is 5.73 Å². The number of aromatic nitrogens is 2. The van der Waals surface area contributed by atoms with Gasteiger partial charge in [0, 0.05) is 11.8 Å². The Balaban J connectivity index is 1.95. The van der Waals surface area contributed by atoms with Crippen molar-refractivity contribution < 1.29 is 24.3 Å². The van der Waals surface area contributed by atoms with Gasteiger partial charge in [-0.2, -0.15) is 5.10 Å². The third kappa shape index (κ3) is 2.49. The molecule has 9 nitrogen and oxygen atoms in total. The number of aliphatic carboxylic acids is 1. The lowest BCUT2D eigenvalue weighted by Gasteiger charge is -2.19. The lowest BCUT2D eigenvalue weighted by molar-refractivity contribution is -0.154. The van der Waals surface area contributed by atoms with Crippen molar-refractivity contribution in [3.05, 3.63) is 30.0 Å². The van der Waals surface area contributed by atoms with Crippen molar-refractivity contribution in [2.75, 3.05) is 0 Å². The fourth-order valence-electron chi connectivity index (χ4n) is 2.86. The van der Waals surface area contributed by atoms with Gasteiger partial charge < -0.3 is 10.8 Å². The summed E-state index contributed by atoms with van der Waals surface area (Å²) in [5.41, 5.74) is 5.80. The first-order valence-electron chi connectivity index (χ1n) is 7.23. The van der Waals surface area contributed by atoms with Crippen LogP contribution in [0.5, 0.6) is 0 Å². The van der Waals surface area contributed by atoms with Gasteiger partial charge in [0.15, 0.2) is 5.69 Å². The molecule has 1 aromatic carbocycles. The lowest BCUT2D eigenvalue weighted by Crippen LogP contribution is -2.44. The minimum absolute atomic E-state index is 0.00903. The summed E-state index contributed by atoms with van der Waals surface area (Å²) >= 11 is 0. The highest BCUT2D eigenvalue weighted by Crippen LogP contribution is 2.22. The summed E-state index contributed by atoms with van der Waals surface area (Å²) in [6.07, 6.45) is 0.0986. The number of amides is 3. The van der Waals surface area contributed by atoms with Gasteiger partial charge in [-0.15, -0.1) is 0 Å². The molecule has 1 atom stereocenters. The molecule has 3 amide bonds. The molecule has 1 saturated heterocycles. The van der Waals surface area contributed by atoms with Crippen molar-refractivity contribution in [3.63, 3.8) is 0 Å². The Kier molecular flexibility index (Phi) is 3.76. The lowest BCUT2D eigenvalue weighted by atomic mass is 10.2. The van der Waals surface area contributed by atoms with E-state index in [1.54, 1.807) is 24.3 Å². The second-order valence-corrected chi connectivity index (χ2v) is 5.44. The van der Waals surface area contributed by atoms with E-state index in [4.69, 9.17) is 10.8 Å². The van der Waals surface area contributed by atoms with Crippen LogP contribution in [0.25, 0.3) is 10.9 Å². The first-order chi connectivity index (χ1) is 11.4. The highest BCUT2D eigenvalue weighted by Gasteiger charge is 2.40. The molecule has 0 spiro atoms. The number of nitrogens with two attached hydrogens (primary N) is 1. The molecule has 1 aliphatic heterocycles. The molecule has 0 aliphatic carbocycles. The molecule has 24 heavy (non-hydrogen) atoms. The second-order valence-electron chi connectivity index (χ2n) is 5.44. The van der Waals surface area contributed by atoms with E-state index in [1.165, 1.54) is 4.68 Å². The van der Waals surface area contributed by atoms with Gasteiger partial charge in [-0.05, 0) is 12.5 Å². The van der Waals surface area contributed by atoms with Crippen LogP contribution in [0.1, 0.15) is 23.3 Å². The van der Waals surface area contributed by atoms with E-state index in [2.05, 4.69) is 5.10 Å². The van der Waals surface area contributed by atoms with Crippen LogP contribution in [0.2, 0.25) is 0 Å². The Morgan fingerprint density at radius 3 is 2.67 bits per heavy atom. The maximum absolute atomic E-state index is 12.4. The summed E-state index contributed by atoms with van der Waals surface area (Å²) in [5.74, 6) is -3.18. The monoisotopic (exact) mass is 330 g/mol. The molecule has 3 N–H and O–H groups in total. The number of benzene rings is 1. The Hall–Kier alpha value is -3.23. The van der Waals surface area contributed by atoms with Gasteiger partial charge in [-0.1, -0.05) is 18.2 Å². The molecule has 1 fully saturated rings. The molecule has 0 saturated carbocycles. The van der Waals surface area contributed by atoms with E-state index in [1.807, 2.05) is 0 Å². The topological polar surface area (TPSA) is 136 Å². The zero-order valence-corrected chi connectivity index (χ0v) is 12.5. The van der Waals surface area contributed by atoms with Gasteiger partial charge in [-0.3, -0.25) is 24.0 Å². The number of rotatable bonds is 4. The van der Waals surface area contributed by atoms with Gasteiger partial charge in [0.05, 0.1) is 5.52 Å². The first kappa shape index (κ1) is 15.7. The average Bonchev–Trinajstić information content (AvgIpc) is 3.09. The van der Waals surface area contributed by atoms with E-state index in [0.717, 1.165) is 4.90 Å². The van der Waals surface area contributed by atoms with Crippen LogP contribution >= 0.6 is 0 Å². The number of carbonyl (C=O) groups is 4. The Morgan fingerprint density at radius 1 is 1.29 bits per heavy atom. The van der Waals surface area contributed by atoms with Crippen LogP contribution in [0.15, 0.2) is 24.3 Å². The summed E-state index contributed by atoms with van der Waals surface area (Å²) in [6, 6.07) is 5.54. The minimum atomic E-state index is -1.22. The molecule has 0 unspecified atom stereocenters. The second kappa shape index (κ2) is 5.76. The van der Waals surface area contributed by atoms with E-state index in [9.17, 15) is 19.2 Å². The number of carbonyl (C=O) groups excluding carboxylic acids is 3. The number of imide groups is 1. The maximum atomic E-state index is 12.4. The molecule has 1 aliphatic rings. The predicted molar refractivity (Wildman–Crippen MR) is 80.8 cm³/mol.